The summed E-state index contributed by atoms with van der Waals surface area (Å²) >= 11 is 0. The summed E-state index contributed by atoms with van der Waals surface area (Å²) in [5.41, 5.74) is 6.61. The summed E-state index contributed by atoms with van der Waals surface area (Å²) in [6, 6.07) is 0.630. The Morgan fingerprint density at radius 3 is 3.38 bits per heavy atom. The van der Waals surface area contributed by atoms with Gasteiger partial charge >= 0.3 is 0 Å². The number of aromatic nitrogens is 3. The van der Waals surface area contributed by atoms with Crippen molar-refractivity contribution in [2.24, 2.45) is 0 Å². The van der Waals surface area contributed by atoms with Crippen molar-refractivity contribution < 1.29 is 4.74 Å². The number of nitrogens with zero attached hydrogens (tertiary/aromatic N) is 4. The predicted molar refractivity (Wildman–Crippen MR) is 80.2 cm³/mol. The van der Waals surface area contributed by atoms with E-state index >= 15 is 0 Å². The number of ether oxygens (including phenoxy) is 1. The van der Waals surface area contributed by atoms with Crippen molar-refractivity contribution in [1.29, 1.82) is 0 Å². The first-order chi connectivity index (χ1) is 10.3. The predicted octanol–water partition coefficient (Wildman–Crippen LogP) is 0.587. The molecule has 2 unspecified atom stereocenters. The molecule has 7 heteroatoms. The van der Waals surface area contributed by atoms with Gasteiger partial charge in [0.05, 0.1) is 18.9 Å². The maximum absolute atomic E-state index is 5.95. The van der Waals surface area contributed by atoms with E-state index in [9.17, 15) is 0 Å². The Labute approximate surface area is 123 Å². The molecule has 2 aromatic rings. The molecular formula is C14H20N6O. The molecule has 0 spiro atoms. The van der Waals surface area contributed by atoms with E-state index in [1.54, 1.807) is 12.4 Å². The van der Waals surface area contributed by atoms with E-state index in [4.69, 9.17) is 10.5 Å². The van der Waals surface area contributed by atoms with Gasteiger partial charge < -0.3 is 20.2 Å². The largest absolute Gasteiger partial charge is 0.382 e. The van der Waals surface area contributed by atoms with Crippen LogP contribution in [-0.2, 0) is 4.74 Å². The number of hydrogen-bond acceptors (Lipinski definition) is 6. The van der Waals surface area contributed by atoms with E-state index in [1.165, 1.54) is 19.4 Å². The second kappa shape index (κ2) is 5.16. The summed E-state index contributed by atoms with van der Waals surface area (Å²) in [5, 5.41) is 3.34. The molecule has 0 radical (unpaired) electrons. The highest BCUT2D eigenvalue weighted by Gasteiger charge is 2.32. The fraction of sp³-hybridized carbons (Fsp3) is 0.571. The van der Waals surface area contributed by atoms with Crippen LogP contribution in [0.25, 0.3) is 5.65 Å². The SMILES string of the molecule is Nc1cn2ccnc2c(NCC2CN3CCCC3CO2)n1. The molecule has 2 aliphatic rings. The fourth-order valence-electron chi connectivity index (χ4n) is 3.29. The van der Waals surface area contributed by atoms with Crippen molar-refractivity contribution in [2.45, 2.75) is 25.0 Å². The summed E-state index contributed by atoms with van der Waals surface area (Å²) in [4.78, 5) is 11.2. The molecule has 0 bridgehead atoms. The lowest BCUT2D eigenvalue weighted by molar-refractivity contribution is -0.0415. The molecular weight excluding hydrogens is 268 g/mol. The zero-order chi connectivity index (χ0) is 14.2. The van der Waals surface area contributed by atoms with Gasteiger partial charge in [-0.15, -0.1) is 0 Å². The van der Waals surface area contributed by atoms with E-state index in [1.807, 2.05) is 10.6 Å². The van der Waals surface area contributed by atoms with E-state index in [0.717, 1.165) is 25.3 Å². The average Bonchev–Trinajstić information content (AvgIpc) is 3.12. The number of nitrogen functional groups attached to an aromatic ring is 1. The Bertz CT molecular complexity index is 641. The minimum Gasteiger partial charge on any atom is -0.382 e. The Hall–Kier alpha value is -1.86. The standard InChI is InChI=1S/C14H20N6O/c15-12-8-20-5-3-16-14(20)13(18-12)17-6-11-7-19-4-1-2-10(19)9-21-11/h3,5,8,10-11H,1-2,4,6-7,9,15H2,(H,17,18). The maximum atomic E-state index is 5.95. The Balaban J connectivity index is 1.45. The van der Waals surface area contributed by atoms with Crippen LogP contribution in [0.1, 0.15) is 12.8 Å². The van der Waals surface area contributed by atoms with E-state index in [0.29, 0.717) is 17.7 Å². The Kier molecular flexibility index (Phi) is 3.16. The van der Waals surface area contributed by atoms with Crippen LogP contribution in [0.4, 0.5) is 11.6 Å². The van der Waals surface area contributed by atoms with E-state index < -0.39 is 0 Å². The third kappa shape index (κ3) is 2.43. The molecule has 2 fully saturated rings. The smallest absolute Gasteiger partial charge is 0.180 e. The van der Waals surface area contributed by atoms with Crippen LogP contribution >= 0.6 is 0 Å². The first kappa shape index (κ1) is 12.8. The van der Waals surface area contributed by atoms with Gasteiger partial charge in [-0.3, -0.25) is 4.90 Å². The second-order valence-corrected chi connectivity index (χ2v) is 5.80. The lowest BCUT2D eigenvalue weighted by atomic mass is 10.2. The van der Waals surface area contributed by atoms with Crippen LogP contribution < -0.4 is 11.1 Å². The minimum atomic E-state index is 0.192. The lowest BCUT2D eigenvalue weighted by Crippen LogP contribution is -2.48. The molecule has 4 heterocycles. The molecule has 7 nitrogen and oxygen atoms in total. The second-order valence-electron chi connectivity index (χ2n) is 5.80. The topological polar surface area (TPSA) is 80.7 Å². The van der Waals surface area contributed by atoms with Crippen LogP contribution in [0, 0.1) is 0 Å². The zero-order valence-corrected chi connectivity index (χ0v) is 11.9. The van der Waals surface area contributed by atoms with Crippen molar-refractivity contribution in [1.82, 2.24) is 19.3 Å². The van der Waals surface area contributed by atoms with Gasteiger partial charge in [-0.25, -0.2) is 9.97 Å². The number of imidazole rings is 1. The summed E-state index contributed by atoms with van der Waals surface area (Å²) < 4.78 is 7.82. The van der Waals surface area contributed by atoms with Crippen molar-refractivity contribution in [2.75, 3.05) is 37.3 Å². The number of nitrogens with one attached hydrogen (secondary N) is 1. The first-order valence-electron chi connectivity index (χ1n) is 7.48. The zero-order valence-electron chi connectivity index (χ0n) is 11.9. The van der Waals surface area contributed by atoms with Crippen LogP contribution in [0.3, 0.4) is 0 Å². The first-order valence-corrected chi connectivity index (χ1v) is 7.48. The summed E-state index contributed by atoms with van der Waals surface area (Å²) in [5.74, 6) is 1.19. The summed E-state index contributed by atoms with van der Waals surface area (Å²) in [6.07, 6.45) is 8.13. The van der Waals surface area contributed by atoms with Gasteiger partial charge in [0.25, 0.3) is 0 Å². The Morgan fingerprint density at radius 2 is 2.43 bits per heavy atom. The molecule has 112 valence electrons. The molecule has 21 heavy (non-hydrogen) atoms. The van der Waals surface area contributed by atoms with Crippen molar-refractivity contribution in [3.63, 3.8) is 0 Å². The monoisotopic (exact) mass is 288 g/mol. The molecule has 2 atom stereocenters. The van der Waals surface area contributed by atoms with Gasteiger partial charge in [0.15, 0.2) is 11.5 Å². The van der Waals surface area contributed by atoms with Gasteiger partial charge in [0, 0.05) is 31.5 Å². The summed E-state index contributed by atoms with van der Waals surface area (Å²) in [6.45, 7) is 3.76. The molecule has 2 aliphatic heterocycles. The van der Waals surface area contributed by atoms with Crippen LogP contribution in [0.5, 0.6) is 0 Å². The third-order valence-electron chi connectivity index (χ3n) is 4.35. The van der Waals surface area contributed by atoms with Crippen molar-refractivity contribution >= 4 is 17.3 Å². The highest BCUT2D eigenvalue weighted by molar-refractivity contribution is 5.64. The highest BCUT2D eigenvalue weighted by Crippen LogP contribution is 2.23. The van der Waals surface area contributed by atoms with Crippen LogP contribution in [0.15, 0.2) is 18.6 Å². The molecule has 0 aliphatic carbocycles. The van der Waals surface area contributed by atoms with E-state index in [-0.39, 0.29) is 6.10 Å². The molecule has 3 N–H and O–H groups in total. The highest BCUT2D eigenvalue weighted by atomic mass is 16.5. The number of morpholine rings is 1. The number of hydrogen-bond donors (Lipinski definition) is 2. The van der Waals surface area contributed by atoms with Crippen LogP contribution in [-0.4, -0.2) is 57.7 Å². The Morgan fingerprint density at radius 1 is 1.48 bits per heavy atom. The van der Waals surface area contributed by atoms with Crippen LogP contribution in [0.2, 0.25) is 0 Å². The van der Waals surface area contributed by atoms with Gasteiger partial charge in [0.2, 0.25) is 0 Å². The molecule has 2 aromatic heterocycles. The summed E-state index contributed by atoms with van der Waals surface area (Å²) in [7, 11) is 0. The van der Waals surface area contributed by atoms with Crippen molar-refractivity contribution in [3.8, 4) is 0 Å². The van der Waals surface area contributed by atoms with Gasteiger partial charge in [-0.05, 0) is 19.4 Å². The minimum absolute atomic E-state index is 0.192. The number of rotatable bonds is 3. The fourth-order valence-corrected chi connectivity index (χ4v) is 3.29. The average molecular weight is 288 g/mol. The van der Waals surface area contributed by atoms with E-state index in [2.05, 4.69) is 20.2 Å². The maximum Gasteiger partial charge on any atom is 0.180 e. The lowest BCUT2D eigenvalue weighted by Gasteiger charge is -2.35. The molecule has 0 saturated carbocycles. The van der Waals surface area contributed by atoms with Gasteiger partial charge in [-0.2, -0.15) is 0 Å². The molecule has 2 saturated heterocycles. The molecule has 0 amide bonds. The van der Waals surface area contributed by atoms with Gasteiger partial charge in [-0.1, -0.05) is 0 Å². The molecule has 4 rings (SSSR count). The normalized spacial score (nSPS) is 26.1. The number of nitrogens with two attached hydrogens (primary N) is 1. The quantitative estimate of drug-likeness (QED) is 0.860. The number of fused-ring (bicyclic) bond motifs is 2. The van der Waals surface area contributed by atoms with Gasteiger partial charge in [0.1, 0.15) is 5.82 Å². The number of anilines is 2. The molecule has 0 aromatic carbocycles. The van der Waals surface area contributed by atoms with Crippen molar-refractivity contribution in [3.05, 3.63) is 18.6 Å². The third-order valence-corrected chi connectivity index (χ3v) is 4.35.